The molecule has 0 atom stereocenters. The zero-order valence-electron chi connectivity index (χ0n) is 14.2. The number of hydrogen-bond acceptors (Lipinski definition) is 0. The van der Waals surface area contributed by atoms with Crippen LogP contribution in [0, 0.1) is 20.8 Å². The molecule has 0 saturated heterocycles. The summed E-state index contributed by atoms with van der Waals surface area (Å²) < 4.78 is 0. The van der Waals surface area contributed by atoms with E-state index in [2.05, 4.69) is 63.7 Å². The van der Waals surface area contributed by atoms with E-state index in [1.165, 1.54) is 33.4 Å². The minimum Gasteiger partial charge on any atom is -0.0985 e. The van der Waals surface area contributed by atoms with Crippen LogP contribution in [0.4, 0.5) is 0 Å². The second kappa shape index (κ2) is 8.46. The standard InChI is InChI=1S/C19H22.C2H6/c1-5-17-7-6-8-18(13-17)9-10-19-15(3)11-14(2)12-16(19)4;1-2/h5-8,11-13H,1,9-10H2,2-4H3;1-2H3. The van der Waals surface area contributed by atoms with E-state index >= 15 is 0 Å². The molecule has 0 saturated carbocycles. The van der Waals surface area contributed by atoms with Crippen molar-refractivity contribution in [3.05, 3.63) is 76.4 Å². The first-order chi connectivity index (χ1) is 10.1. The SMILES string of the molecule is C=Cc1cccc(CCc2c(C)cc(C)cc2C)c1.CC. The maximum Gasteiger partial charge on any atom is -0.0233 e. The molecule has 0 radical (unpaired) electrons. The molecule has 0 aromatic heterocycles. The number of aryl methyl sites for hydroxylation is 4. The molecule has 0 N–H and O–H groups in total. The summed E-state index contributed by atoms with van der Waals surface area (Å²) in [5.41, 5.74) is 8.27. The van der Waals surface area contributed by atoms with Crippen LogP contribution in [0.5, 0.6) is 0 Å². The molecular weight excluding hydrogens is 252 g/mol. The lowest BCUT2D eigenvalue weighted by atomic mass is 9.94. The molecule has 112 valence electrons. The van der Waals surface area contributed by atoms with Gasteiger partial charge in [-0.2, -0.15) is 0 Å². The quantitative estimate of drug-likeness (QED) is 0.638. The van der Waals surface area contributed by atoms with Gasteiger partial charge in [0.25, 0.3) is 0 Å². The van der Waals surface area contributed by atoms with Gasteiger partial charge >= 0.3 is 0 Å². The Morgan fingerprint density at radius 2 is 1.52 bits per heavy atom. The van der Waals surface area contributed by atoms with Crippen molar-refractivity contribution in [2.45, 2.75) is 47.5 Å². The van der Waals surface area contributed by atoms with Crippen molar-refractivity contribution in [1.82, 2.24) is 0 Å². The van der Waals surface area contributed by atoms with Gasteiger partial charge in [-0.15, -0.1) is 0 Å². The second-order valence-electron chi connectivity index (χ2n) is 5.33. The Hall–Kier alpha value is -1.82. The van der Waals surface area contributed by atoms with Crippen LogP contribution in [0.15, 0.2) is 43.0 Å². The normalized spacial score (nSPS) is 9.76. The van der Waals surface area contributed by atoms with Crippen molar-refractivity contribution >= 4 is 6.08 Å². The summed E-state index contributed by atoms with van der Waals surface area (Å²) in [6.07, 6.45) is 4.11. The van der Waals surface area contributed by atoms with Crippen molar-refractivity contribution in [2.75, 3.05) is 0 Å². The lowest BCUT2D eigenvalue weighted by Crippen LogP contribution is -1.98. The van der Waals surface area contributed by atoms with E-state index in [-0.39, 0.29) is 0 Å². The van der Waals surface area contributed by atoms with E-state index in [0.29, 0.717) is 0 Å². The minimum atomic E-state index is 1.09. The van der Waals surface area contributed by atoms with Gasteiger partial charge in [0.05, 0.1) is 0 Å². The third-order valence-electron chi connectivity index (χ3n) is 3.69. The molecule has 2 aromatic carbocycles. The van der Waals surface area contributed by atoms with Gasteiger partial charge in [0.2, 0.25) is 0 Å². The number of rotatable bonds is 4. The number of benzene rings is 2. The lowest BCUT2D eigenvalue weighted by molar-refractivity contribution is 0.935. The van der Waals surface area contributed by atoms with E-state index in [0.717, 1.165) is 12.8 Å². The number of hydrogen-bond donors (Lipinski definition) is 0. The molecule has 0 nitrogen and oxygen atoms in total. The zero-order valence-corrected chi connectivity index (χ0v) is 14.2. The fourth-order valence-corrected chi connectivity index (χ4v) is 2.75. The molecular formula is C21H28. The maximum atomic E-state index is 3.83. The molecule has 0 heterocycles. The molecule has 0 unspecified atom stereocenters. The maximum absolute atomic E-state index is 3.83. The Morgan fingerprint density at radius 1 is 0.905 bits per heavy atom. The smallest absolute Gasteiger partial charge is 0.0233 e. The van der Waals surface area contributed by atoms with Crippen LogP contribution in [0.25, 0.3) is 6.08 Å². The fraction of sp³-hybridized carbons (Fsp3) is 0.333. The molecule has 2 aromatic rings. The average Bonchev–Trinajstić information content (AvgIpc) is 2.48. The van der Waals surface area contributed by atoms with Crippen LogP contribution in [-0.4, -0.2) is 0 Å². The van der Waals surface area contributed by atoms with Crippen molar-refractivity contribution in [3.63, 3.8) is 0 Å². The van der Waals surface area contributed by atoms with Gasteiger partial charge in [0.15, 0.2) is 0 Å². The van der Waals surface area contributed by atoms with Crippen LogP contribution >= 0.6 is 0 Å². The van der Waals surface area contributed by atoms with Crippen LogP contribution in [0.2, 0.25) is 0 Å². The van der Waals surface area contributed by atoms with Gasteiger partial charge in [-0.25, -0.2) is 0 Å². The Balaban J connectivity index is 0.00000106. The molecule has 0 heteroatoms. The fourth-order valence-electron chi connectivity index (χ4n) is 2.75. The van der Waals surface area contributed by atoms with Crippen LogP contribution in [0.1, 0.15) is 47.2 Å². The Bertz CT molecular complexity index is 568. The van der Waals surface area contributed by atoms with Gasteiger partial charge < -0.3 is 0 Å². The van der Waals surface area contributed by atoms with Crippen molar-refractivity contribution in [2.24, 2.45) is 0 Å². The Morgan fingerprint density at radius 3 is 2.10 bits per heavy atom. The van der Waals surface area contributed by atoms with Crippen LogP contribution < -0.4 is 0 Å². The monoisotopic (exact) mass is 280 g/mol. The van der Waals surface area contributed by atoms with Crippen molar-refractivity contribution < 1.29 is 0 Å². The molecule has 0 aliphatic rings. The average molecular weight is 280 g/mol. The van der Waals surface area contributed by atoms with Crippen molar-refractivity contribution in [1.29, 1.82) is 0 Å². The van der Waals surface area contributed by atoms with Crippen LogP contribution in [-0.2, 0) is 12.8 Å². The second-order valence-corrected chi connectivity index (χ2v) is 5.33. The van der Waals surface area contributed by atoms with E-state index in [9.17, 15) is 0 Å². The third-order valence-corrected chi connectivity index (χ3v) is 3.69. The highest BCUT2D eigenvalue weighted by molar-refractivity contribution is 5.48. The summed E-state index contributed by atoms with van der Waals surface area (Å²) in [5.74, 6) is 0. The van der Waals surface area contributed by atoms with E-state index < -0.39 is 0 Å². The topological polar surface area (TPSA) is 0 Å². The zero-order chi connectivity index (χ0) is 15.8. The predicted octanol–water partition coefficient (Wildman–Crippen LogP) is 6.07. The first kappa shape index (κ1) is 17.2. The summed E-state index contributed by atoms with van der Waals surface area (Å²) in [6.45, 7) is 14.4. The van der Waals surface area contributed by atoms with Crippen LogP contribution in [0.3, 0.4) is 0 Å². The van der Waals surface area contributed by atoms with Gasteiger partial charge in [0, 0.05) is 0 Å². The van der Waals surface area contributed by atoms with Gasteiger partial charge in [-0.1, -0.05) is 68.5 Å². The summed E-state index contributed by atoms with van der Waals surface area (Å²) in [7, 11) is 0. The molecule has 0 amide bonds. The molecule has 0 aliphatic carbocycles. The summed E-state index contributed by atoms with van der Waals surface area (Å²) in [4.78, 5) is 0. The summed E-state index contributed by atoms with van der Waals surface area (Å²) in [5, 5.41) is 0. The van der Waals surface area contributed by atoms with E-state index in [4.69, 9.17) is 0 Å². The minimum absolute atomic E-state index is 1.09. The van der Waals surface area contributed by atoms with Gasteiger partial charge in [-0.05, 0) is 61.4 Å². The van der Waals surface area contributed by atoms with E-state index in [1.807, 2.05) is 19.9 Å². The van der Waals surface area contributed by atoms with E-state index in [1.54, 1.807) is 0 Å². The van der Waals surface area contributed by atoms with Crippen molar-refractivity contribution in [3.8, 4) is 0 Å². The molecule has 21 heavy (non-hydrogen) atoms. The van der Waals surface area contributed by atoms with Gasteiger partial charge in [-0.3, -0.25) is 0 Å². The molecule has 0 spiro atoms. The largest absolute Gasteiger partial charge is 0.0985 e. The highest BCUT2D eigenvalue weighted by Crippen LogP contribution is 2.19. The summed E-state index contributed by atoms with van der Waals surface area (Å²) in [6, 6.07) is 13.2. The highest BCUT2D eigenvalue weighted by atomic mass is 14.1. The highest BCUT2D eigenvalue weighted by Gasteiger charge is 2.04. The molecule has 0 aliphatic heterocycles. The van der Waals surface area contributed by atoms with Gasteiger partial charge in [0.1, 0.15) is 0 Å². The third kappa shape index (κ3) is 4.90. The summed E-state index contributed by atoms with van der Waals surface area (Å²) >= 11 is 0. The first-order valence-corrected chi connectivity index (χ1v) is 7.88. The Labute approximate surface area is 130 Å². The molecule has 2 rings (SSSR count). The predicted molar refractivity (Wildman–Crippen MR) is 95.9 cm³/mol. The lowest BCUT2D eigenvalue weighted by Gasteiger charge is -2.11. The molecule has 0 fully saturated rings. The Kier molecular flexibility index (Phi) is 6.94. The first-order valence-electron chi connectivity index (χ1n) is 7.88. The molecule has 0 bridgehead atoms.